The van der Waals surface area contributed by atoms with Gasteiger partial charge in [-0.25, -0.2) is 0 Å². The maximum Gasteiger partial charge on any atom is 0.102 e. The van der Waals surface area contributed by atoms with E-state index in [9.17, 15) is 0 Å². The Labute approximate surface area is 80.5 Å². The van der Waals surface area contributed by atoms with Crippen molar-refractivity contribution in [3.05, 3.63) is 10.7 Å². The summed E-state index contributed by atoms with van der Waals surface area (Å²) in [5, 5.41) is 11.0. The van der Waals surface area contributed by atoms with Crippen molar-refractivity contribution in [2.45, 2.75) is 19.9 Å². The average molecular weight is 237 g/mol. The lowest BCUT2D eigenvalue weighted by Crippen LogP contribution is -2.16. The Balaban J connectivity index is 3.90. The Kier molecular flexibility index (Phi) is 5.68. The van der Waals surface area contributed by atoms with Crippen LogP contribution in [-0.2, 0) is 0 Å². The van der Waals surface area contributed by atoms with E-state index in [2.05, 4.69) is 35.1 Å². The van der Waals surface area contributed by atoms with Gasteiger partial charge in [0.05, 0.1) is 4.48 Å². The lowest BCUT2D eigenvalue weighted by Gasteiger charge is -2.04. The quantitative estimate of drug-likeness (QED) is 0.584. The van der Waals surface area contributed by atoms with E-state index in [1.54, 1.807) is 0 Å². The van der Waals surface area contributed by atoms with Crippen LogP contribution >= 0.6 is 27.7 Å². The van der Waals surface area contributed by atoms with Crippen LogP contribution in [0.25, 0.3) is 0 Å². The molecule has 0 atom stereocenters. The number of hydrogen-bond acceptors (Lipinski definition) is 3. The Morgan fingerprint density at radius 3 is 2.55 bits per heavy atom. The minimum absolute atomic E-state index is 0.414. The minimum Gasteiger partial charge on any atom is -0.388 e. The van der Waals surface area contributed by atoms with Gasteiger partial charge < -0.3 is 5.32 Å². The van der Waals surface area contributed by atoms with E-state index in [1.165, 1.54) is 11.8 Å². The van der Waals surface area contributed by atoms with Crippen molar-refractivity contribution in [3.63, 3.8) is 0 Å². The highest BCUT2D eigenvalue weighted by Crippen LogP contribution is 2.12. The maximum absolute atomic E-state index is 7.40. The van der Waals surface area contributed by atoms with Crippen LogP contribution in [0.4, 0.5) is 0 Å². The molecule has 0 aromatic carbocycles. The molecule has 0 amide bonds. The lowest BCUT2D eigenvalue weighted by atomic mass is 10.4. The first-order valence-corrected chi connectivity index (χ1v) is 5.34. The average Bonchev–Trinajstić information content (AvgIpc) is 1.98. The van der Waals surface area contributed by atoms with Gasteiger partial charge in [-0.05, 0) is 36.0 Å². The smallest absolute Gasteiger partial charge is 0.102 e. The Hall–Kier alpha value is 0.0400. The van der Waals surface area contributed by atoms with Crippen LogP contribution in [0.1, 0.15) is 13.8 Å². The molecule has 0 radical (unpaired) electrons. The maximum atomic E-state index is 7.40. The molecular formula is C7H13BrN2S. The van der Waals surface area contributed by atoms with Gasteiger partial charge in [0.25, 0.3) is 0 Å². The van der Waals surface area contributed by atoms with Crippen molar-refractivity contribution in [1.29, 1.82) is 5.41 Å². The zero-order valence-electron chi connectivity index (χ0n) is 6.94. The normalized spacial score (nSPS) is 11.9. The molecule has 0 unspecified atom stereocenters. The summed E-state index contributed by atoms with van der Waals surface area (Å²) in [6, 6.07) is 0.414. The zero-order chi connectivity index (χ0) is 8.85. The molecule has 0 spiro atoms. The zero-order valence-corrected chi connectivity index (χ0v) is 9.34. The van der Waals surface area contributed by atoms with Crippen molar-refractivity contribution < 1.29 is 0 Å². The second kappa shape index (κ2) is 5.66. The van der Waals surface area contributed by atoms with Crippen LogP contribution in [0, 0.1) is 5.41 Å². The van der Waals surface area contributed by atoms with E-state index >= 15 is 0 Å². The monoisotopic (exact) mass is 236 g/mol. The summed E-state index contributed by atoms with van der Waals surface area (Å²) >= 11 is 4.70. The molecule has 0 saturated carbocycles. The van der Waals surface area contributed by atoms with Crippen molar-refractivity contribution in [2.24, 2.45) is 0 Å². The molecule has 0 aliphatic carbocycles. The largest absolute Gasteiger partial charge is 0.388 e. The molecule has 0 saturated heterocycles. The molecule has 0 fully saturated rings. The van der Waals surface area contributed by atoms with Gasteiger partial charge in [-0.2, -0.15) is 0 Å². The molecule has 0 bridgehead atoms. The molecule has 0 heterocycles. The van der Waals surface area contributed by atoms with Gasteiger partial charge in [-0.3, -0.25) is 5.41 Å². The molecule has 2 N–H and O–H groups in total. The van der Waals surface area contributed by atoms with Gasteiger partial charge in [-0.1, -0.05) is 0 Å². The molecule has 0 aliphatic heterocycles. The van der Waals surface area contributed by atoms with E-state index in [0.717, 1.165) is 4.48 Å². The molecule has 0 rings (SSSR count). The summed E-state index contributed by atoms with van der Waals surface area (Å²) in [4.78, 5) is 0. The van der Waals surface area contributed by atoms with E-state index in [1.807, 2.05) is 12.5 Å². The van der Waals surface area contributed by atoms with Crippen LogP contribution < -0.4 is 5.32 Å². The Morgan fingerprint density at radius 2 is 2.18 bits per heavy atom. The fourth-order valence-corrected chi connectivity index (χ4v) is 1.27. The van der Waals surface area contributed by atoms with Gasteiger partial charge >= 0.3 is 0 Å². The second-order valence-electron chi connectivity index (χ2n) is 2.35. The first-order chi connectivity index (χ1) is 5.07. The molecule has 64 valence electrons. The summed E-state index contributed by atoms with van der Waals surface area (Å²) in [6.07, 6.45) is 3.69. The van der Waals surface area contributed by atoms with E-state index in [0.29, 0.717) is 11.1 Å². The molecule has 4 heteroatoms. The third kappa shape index (κ3) is 5.32. The third-order valence-electron chi connectivity index (χ3n) is 0.964. The number of rotatable bonds is 3. The van der Waals surface area contributed by atoms with Gasteiger partial charge in [0.2, 0.25) is 0 Å². The number of hydrogen-bond donors (Lipinski definition) is 2. The van der Waals surface area contributed by atoms with Crippen molar-refractivity contribution in [1.82, 2.24) is 5.32 Å². The van der Waals surface area contributed by atoms with E-state index < -0.39 is 0 Å². The number of nitrogens with one attached hydrogen (secondary N) is 2. The molecule has 2 nitrogen and oxygen atoms in total. The van der Waals surface area contributed by atoms with Crippen molar-refractivity contribution in [2.75, 3.05) is 6.26 Å². The van der Waals surface area contributed by atoms with Crippen molar-refractivity contribution >= 4 is 32.7 Å². The SMILES string of the molecule is CSC(=N)/C(Br)=C\NC(C)C. The number of thioether (sulfide) groups is 1. The fraction of sp³-hybridized carbons (Fsp3) is 0.571. The van der Waals surface area contributed by atoms with Crippen molar-refractivity contribution in [3.8, 4) is 0 Å². The van der Waals surface area contributed by atoms with Gasteiger partial charge in [0, 0.05) is 12.2 Å². The second-order valence-corrected chi connectivity index (χ2v) is 4.02. The Bertz CT molecular complexity index is 166. The van der Waals surface area contributed by atoms with Gasteiger partial charge in [0.1, 0.15) is 5.04 Å². The minimum atomic E-state index is 0.414. The number of halogens is 1. The van der Waals surface area contributed by atoms with Gasteiger partial charge in [-0.15, -0.1) is 11.8 Å². The predicted octanol–water partition coefficient (Wildman–Crippen LogP) is 2.56. The summed E-state index contributed by atoms with van der Waals surface area (Å²) in [6.45, 7) is 4.11. The summed E-state index contributed by atoms with van der Waals surface area (Å²) in [7, 11) is 0. The topological polar surface area (TPSA) is 35.9 Å². The fourth-order valence-electron chi connectivity index (χ4n) is 0.403. The standard InChI is InChI=1S/C7H13BrN2S/c1-5(2)10-4-6(8)7(9)11-3/h4-5,9-10H,1-3H3/b6-4+,9-7?. The van der Waals surface area contributed by atoms with Crippen LogP contribution in [0.3, 0.4) is 0 Å². The highest BCUT2D eigenvalue weighted by molar-refractivity contribution is 9.12. The summed E-state index contributed by atoms with van der Waals surface area (Å²) in [5.74, 6) is 0. The van der Waals surface area contributed by atoms with Crippen LogP contribution in [-0.4, -0.2) is 17.3 Å². The van der Waals surface area contributed by atoms with E-state index in [4.69, 9.17) is 5.41 Å². The highest BCUT2D eigenvalue weighted by atomic mass is 79.9. The molecule has 11 heavy (non-hydrogen) atoms. The summed E-state index contributed by atoms with van der Waals surface area (Å²) < 4.78 is 0.804. The van der Waals surface area contributed by atoms with E-state index in [-0.39, 0.29) is 0 Å². The first-order valence-electron chi connectivity index (χ1n) is 3.32. The van der Waals surface area contributed by atoms with Crippen LogP contribution in [0.5, 0.6) is 0 Å². The van der Waals surface area contributed by atoms with Crippen LogP contribution in [0.2, 0.25) is 0 Å². The lowest BCUT2D eigenvalue weighted by molar-refractivity contribution is 0.703. The molecule has 0 aromatic heterocycles. The predicted molar refractivity (Wildman–Crippen MR) is 56.5 cm³/mol. The molecular weight excluding hydrogens is 224 g/mol. The third-order valence-corrected chi connectivity index (χ3v) is 2.48. The van der Waals surface area contributed by atoms with Crippen LogP contribution in [0.15, 0.2) is 10.7 Å². The molecule has 0 aromatic rings. The first kappa shape index (κ1) is 11.0. The Morgan fingerprint density at radius 1 is 1.64 bits per heavy atom. The highest BCUT2D eigenvalue weighted by Gasteiger charge is 1.98. The molecule has 0 aliphatic rings. The summed E-state index contributed by atoms with van der Waals surface area (Å²) in [5.41, 5.74) is 0. The van der Waals surface area contributed by atoms with Gasteiger partial charge in [0.15, 0.2) is 0 Å².